The first-order valence-electron chi connectivity index (χ1n) is 6.32. The van der Waals surface area contributed by atoms with Crippen molar-refractivity contribution in [3.8, 4) is 5.75 Å². The van der Waals surface area contributed by atoms with Gasteiger partial charge in [-0.1, -0.05) is 32.0 Å². The summed E-state index contributed by atoms with van der Waals surface area (Å²) < 4.78 is 5.59. The summed E-state index contributed by atoms with van der Waals surface area (Å²) in [7, 11) is 0. The largest absolute Gasteiger partial charge is 0.483 e. The highest BCUT2D eigenvalue weighted by Crippen LogP contribution is 2.25. The van der Waals surface area contributed by atoms with Crippen LogP contribution in [0, 0.1) is 0 Å². The van der Waals surface area contributed by atoms with Gasteiger partial charge in [0.05, 0.1) is 0 Å². The minimum Gasteiger partial charge on any atom is -0.483 e. The molecule has 0 bridgehead atoms. The van der Waals surface area contributed by atoms with Crippen LogP contribution < -0.4 is 10.1 Å². The standard InChI is InChI=1S/C15H23NO2/c1-11(2)12-8-6-7-9-13(12)18-10-14(17)16-15(3,4)5/h6-9,11H,10H2,1-5H3,(H,16,17). The zero-order valence-corrected chi connectivity index (χ0v) is 11.9. The van der Waals surface area contributed by atoms with E-state index in [1.165, 1.54) is 0 Å². The summed E-state index contributed by atoms with van der Waals surface area (Å²) in [6, 6.07) is 7.83. The highest BCUT2D eigenvalue weighted by Gasteiger charge is 2.15. The summed E-state index contributed by atoms with van der Waals surface area (Å²) in [5, 5.41) is 2.87. The zero-order valence-electron chi connectivity index (χ0n) is 11.9. The minimum atomic E-state index is -0.224. The van der Waals surface area contributed by atoms with Crippen LogP contribution in [0.1, 0.15) is 46.1 Å². The van der Waals surface area contributed by atoms with Crippen LogP contribution in [0.15, 0.2) is 24.3 Å². The van der Waals surface area contributed by atoms with E-state index in [1.54, 1.807) is 0 Å². The molecule has 100 valence electrons. The lowest BCUT2D eigenvalue weighted by Crippen LogP contribution is -2.43. The number of hydrogen-bond acceptors (Lipinski definition) is 2. The number of hydrogen-bond donors (Lipinski definition) is 1. The summed E-state index contributed by atoms with van der Waals surface area (Å²) >= 11 is 0. The molecule has 0 aliphatic heterocycles. The number of nitrogens with one attached hydrogen (secondary N) is 1. The number of ether oxygens (including phenoxy) is 1. The molecule has 3 heteroatoms. The van der Waals surface area contributed by atoms with Crippen LogP contribution in [-0.4, -0.2) is 18.1 Å². The van der Waals surface area contributed by atoms with Crippen LogP contribution in [0.3, 0.4) is 0 Å². The molecule has 0 saturated heterocycles. The normalized spacial score (nSPS) is 11.4. The molecule has 0 radical (unpaired) electrons. The number of para-hydroxylation sites is 1. The molecule has 1 aromatic carbocycles. The average molecular weight is 249 g/mol. The van der Waals surface area contributed by atoms with Crippen LogP contribution in [-0.2, 0) is 4.79 Å². The Hall–Kier alpha value is -1.51. The maximum absolute atomic E-state index is 11.7. The molecule has 1 N–H and O–H groups in total. The third-order valence-electron chi connectivity index (χ3n) is 2.41. The van der Waals surface area contributed by atoms with Crippen molar-refractivity contribution in [2.45, 2.75) is 46.1 Å². The first-order valence-corrected chi connectivity index (χ1v) is 6.32. The van der Waals surface area contributed by atoms with Gasteiger partial charge in [-0.05, 0) is 38.3 Å². The molecule has 0 aliphatic carbocycles. The molecule has 0 aliphatic rings. The van der Waals surface area contributed by atoms with Crippen LogP contribution in [0.25, 0.3) is 0 Å². The van der Waals surface area contributed by atoms with Crippen molar-refractivity contribution in [3.63, 3.8) is 0 Å². The third-order valence-corrected chi connectivity index (χ3v) is 2.41. The lowest BCUT2D eigenvalue weighted by Gasteiger charge is -2.21. The zero-order chi connectivity index (χ0) is 13.8. The maximum atomic E-state index is 11.7. The van der Waals surface area contributed by atoms with E-state index in [-0.39, 0.29) is 18.1 Å². The quantitative estimate of drug-likeness (QED) is 0.890. The molecule has 0 aromatic heterocycles. The van der Waals surface area contributed by atoms with Gasteiger partial charge < -0.3 is 10.1 Å². The second-order valence-corrected chi connectivity index (χ2v) is 5.78. The van der Waals surface area contributed by atoms with E-state index in [0.29, 0.717) is 5.92 Å². The summed E-state index contributed by atoms with van der Waals surface area (Å²) in [4.78, 5) is 11.7. The fourth-order valence-corrected chi connectivity index (χ4v) is 1.69. The van der Waals surface area contributed by atoms with Gasteiger partial charge in [-0.15, -0.1) is 0 Å². The predicted octanol–water partition coefficient (Wildman–Crippen LogP) is 3.10. The molecular weight excluding hydrogens is 226 g/mol. The van der Waals surface area contributed by atoms with E-state index in [9.17, 15) is 4.79 Å². The van der Waals surface area contributed by atoms with Crippen LogP contribution in [0.2, 0.25) is 0 Å². The molecule has 3 nitrogen and oxygen atoms in total. The molecule has 1 rings (SSSR count). The molecule has 18 heavy (non-hydrogen) atoms. The molecule has 1 aromatic rings. The second-order valence-electron chi connectivity index (χ2n) is 5.78. The van der Waals surface area contributed by atoms with Gasteiger partial charge in [-0.2, -0.15) is 0 Å². The van der Waals surface area contributed by atoms with Gasteiger partial charge in [0.2, 0.25) is 0 Å². The van der Waals surface area contributed by atoms with E-state index in [4.69, 9.17) is 4.74 Å². The van der Waals surface area contributed by atoms with Crippen molar-refractivity contribution in [1.29, 1.82) is 0 Å². The van der Waals surface area contributed by atoms with Crippen LogP contribution in [0.5, 0.6) is 5.75 Å². The minimum absolute atomic E-state index is 0.0566. The first kappa shape index (κ1) is 14.6. The molecule has 0 saturated carbocycles. The van der Waals surface area contributed by atoms with Gasteiger partial charge in [0, 0.05) is 5.54 Å². The van der Waals surface area contributed by atoms with Gasteiger partial charge in [-0.25, -0.2) is 0 Å². The summed E-state index contributed by atoms with van der Waals surface area (Å²) in [6.07, 6.45) is 0. The highest BCUT2D eigenvalue weighted by molar-refractivity contribution is 5.78. The molecular formula is C15H23NO2. The highest BCUT2D eigenvalue weighted by atomic mass is 16.5. The Morgan fingerprint density at radius 2 is 1.89 bits per heavy atom. The van der Waals surface area contributed by atoms with Crippen molar-refractivity contribution in [2.24, 2.45) is 0 Å². The number of carbonyl (C=O) groups excluding carboxylic acids is 1. The van der Waals surface area contributed by atoms with Gasteiger partial charge in [0.25, 0.3) is 5.91 Å². The van der Waals surface area contributed by atoms with Gasteiger partial charge in [0.15, 0.2) is 6.61 Å². The van der Waals surface area contributed by atoms with E-state index in [1.807, 2.05) is 45.0 Å². The number of carbonyl (C=O) groups is 1. The molecule has 0 unspecified atom stereocenters. The van der Waals surface area contributed by atoms with E-state index in [0.717, 1.165) is 11.3 Å². The summed E-state index contributed by atoms with van der Waals surface area (Å²) in [5.74, 6) is 1.07. The average Bonchev–Trinajstić information content (AvgIpc) is 2.24. The second kappa shape index (κ2) is 5.89. The molecule has 0 heterocycles. The Morgan fingerprint density at radius 3 is 2.44 bits per heavy atom. The topological polar surface area (TPSA) is 38.3 Å². The Kier molecular flexibility index (Phi) is 4.76. The van der Waals surface area contributed by atoms with E-state index >= 15 is 0 Å². The summed E-state index contributed by atoms with van der Waals surface area (Å²) in [5.41, 5.74) is 0.902. The van der Waals surface area contributed by atoms with Crippen molar-refractivity contribution < 1.29 is 9.53 Å². The molecule has 0 atom stereocenters. The molecule has 0 fully saturated rings. The van der Waals surface area contributed by atoms with Gasteiger partial charge in [-0.3, -0.25) is 4.79 Å². The molecule has 0 spiro atoms. The van der Waals surface area contributed by atoms with Crippen molar-refractivity contribution in [1.82, 2.24) is 5.32 Å². The fourth-order valence-electron chi connectivity index (χ4n) is 1.69. The van der Waals surface area contributed by atoms with E-state index in [2.05, 4.69) is 19.2 Å². The van der Waals surface area contributed by atoms with Crippen LogP contribution in [0.4, 0.5) is 0 Å². The maximum Gasteiger partial charge on any atom is 0.258 e. The Morgan fingerprint density at radius 1 is 1.28 bits per heavy atom. The lowest BCUT2D eigenvalue weighted by atomic mass is 10.0. The SMILES string of the molecule is CC(C)c1ccccc1OCC(=O)NC(C)(C)C. The monoisotopic (exact) mass is 249 g/mol. The van der Waals surface area contributed by atoms with Crippen molar-refractivity contribution in [3.05, 3.63) is 29.8 Å². The Bertz CT molecular complexity index is 405. The molecule has 1 amide bonds. The fraction of sp³-hybridized carbons (Fsp3) is 0.533. The Balaban J connectivity index is 2.61. The third kappa shape index (κ3) is 4.78. The van der Waals surface area contributed by atoms with Crippen molar-refractivity contribution >= 4 is 5.91 Å². The van der Waals surface area contributed by atoms with Crippen molar-refractivity contribution in [2.75, 3.05) is 6.61 Å². The first-order chi connectivity index (χ1) is 8.29. The lowest BCUT2D eigenvalue weighted by molar-refractivity contribution is -0.124. The van der Waals surface area contributed by atoms with Crippen LogP contribution >= 0.6 is 0 Å². The Labute approximate surface area is 110 Å². The number of benzene rings is 1. The van der Waals surface area contributed by atoms with E-state index < -0.39 is 0 Å². The number of rotatable bonds is 4. The number of amides is 1. The summed E-state index contributed by atoms with van der Waals surface area (Å²) in [6.45, 7) is 10.1. The van der Waals surface area contributed by atoms with Gasteiger partial charge >= 0.3 is 0 Å². The predicted molar refractivity (Wildman–Crippen MR) is 73.9 cm³/mol. The van der Waals surface area contributed by atoms with Gasteiger partial charge in [0.1, 0.15) is 5.75 Å². The smallest absolute Gasteiger partial charge is 0.258 e.